The monoisotopic (exact) mass is 531 g/mol. The van der Waals surface area contributed by atoms with Crippen molar-refractivity contribution >= 4 is 66.7 Å². The predicted molar refractivity (Wildman–Crippen MR) is 129 cm³/mol. The van der Waals surface area contributed by atoms with Crippen LogP contribution in [0, 0.1) is 0 Å². The van der Waals surface area contributed by atoms with E-state index < -0.39 is 17.5 Å². The van der Waals surface area contributed by atoms with Gasteiger partial charge in [-0.2, -0.15) is 0 Å². The fourth-order valence-corrected chi connectivity index (χ4v) is 4.58. The van der Waals surface area contributed by atoms with E-state index in [0.717, 1.165) is 21.4 Å². The molecular weight excluding hydrogens is 518 g/mol. The van der Waals surface area contributed by atoms with Crippen molar-refractivity contribution in [3.05, 3.63) is 85.0 Å². The molecule has 0 radical (unpaired) electrons. The lowest BCUT2D eigenvalue weighted by Gasteiger charge is -2.09. The van der Waals surface area contributed by atoms with E-state index in [4.69, 9.17) is 20.8 Å². The van der Waals surface area contributed by atoms with Crippen molar-refractivity contribution in [2.45, 2.75) is 6.92 Å². The van der Waals surface area contributed by atoms with Gasteiger partial charge in [0, 0.05) is 25.8 Å². The quantitative estimate of drug-likeness (QED) is 0.239. The zero-order valence-corrected chi connectivity index (χ0v) is 19.8. The van der Waals surface area contributed by atoms with E-state index in [1.165, 1.54) is 6.07 Å². The number of rotatable bonds is 5. The van der Waals surface area contributed by atoms with E-state index in [-0.39, 0.29) is 22.7 Å². The summed E-state index contributed by atoms with van der Waals surface area (Å²) in [4.78, 5) is 38.0. The van der Waals surface area contributed by atoms with Crippen molar-refractivity contribution in [1.29, 1.82) is 0 Å². The van der Waals surface area contributed by atoms with Gasteiger partial charge >= 0.3 is 11.6 Å². The lowest BCUT2D eigenvalue weighted by molar-refractivity contribution is 0.0529. The third-order valence-electron chi connectivity index (χ3n) is 4.59. The van der Waals surface area contributed by atoms with Crippen molar-refractivity contribution in [3.8, 4) is 11.1 Å². The molecule has 9 heteroatoms. The second-order valence-electron chi connectivity index (χ2n) is 6.66. The first-order chi connectivity index (χ1) is 15.4. The van der Waals surface area contributed by atoms with Crippen molar-refractivity contribution in [2.75, 3.05) is 11.9 Å². The van der Waals surface area contributed by atoms with Crippen LogP contribution in [0.3, 0.4) is 0 Å². The molecule has 2 heterocycles. The molecular formula is C23H15BrClNO5S. The van der Waals surface area contributed by atoms with Crippen LogP contribution in [0.15, 0.2) is 67.6 Å². The third kappa shape index (κ3) is 4.48. The Bertz CT molecular complexity index is 1390. The number of halogens is 2. The zero-order chi connectivity index (χ0) is 22.8. The first-order valence-electron chi connectivity index (χ1n) is 9.46. The summed E-state index contributed by atoms with van der Waals surface area (Å²) in [5.41, 5.74) is 0.957. The molecule has 0 saturated carbocycles. The second kappa shape index (κ2) is 9.28. The highest BCUT2D eigenvalue weighted by atomic mass is 79.9. The number of hydrogen-bond donors (Lipinski definition) is 1. The van der Waals surface area contributed by atoms with Crippen LogP contribution in [0.25, 0.3) is 22.1 Å². The molecule has 6 nitrogen and oxygen atoms in total. The average Bonchev–Trinajstić information content (AvgIpc) is 3.17. The van der Waals surface area contributed by atoms with Crippen LogP contribution in [-0.2, 0) is 4.74 Å². The molecule has 4 rings (SSSR count). The lowest BCUT2D eigenvalue weighted by atomic mass is 10.0. The minimum atomic E-state index is -0.774. The van der Waals surface area contributed by atoms with Gasteiger partial charge in [0.2, 0.25) is 0 Å². The molecule has 0 unspecified atom stereocenters. The van der Waals surface area contributed by atoms with Gasteiger partial charge in [-0.1, -0.05) is 39.7 Å². The number of esters is 1. The van der Waals surface area contributed by atoms with Gasteiger partial charge in [0.25, 0.3) is 5.91 Å². The van der Waals surface area contributed by atoms with E-state index in [0.29, 0.717) is 21.6 Å². The number of amides is 1. The highest BCUT2D eigenvalue weighted by Crippen LogP contribution is 2.37. The molecule has 1 amide bonds. The fourth-order valence-electron chi connectivity index (χ4n) is 3.12. The summed E-state index contributed by atoms with van der Waals surface area (Å²) in [5, 5.41) is 5.83. The summed E-state index contributed by atoms with van der Waals surface area (Å²) >= 11 is 10.5. The van der Waals surface area contributed by atoms with Crippen LogP contribution in [0.5, 0.6) is 0 Å². The highest BCUT2D eigenvalue weighted by molar-refractivity contribution is 9.10. The Morgan fingerprint density at radius 2 is 1.91 bits per heavy atom. The molecule has 2 aromatic carbocycles. The highest BCUT2D eigenvalue weighted by Gasteiger charge is 2.24. The molecule has 0 saturated heterocycles. The van der Waals surface area contributed by atoms with Gasteiger partial charge in [-0.3, -0.25) is 4.79 Å². The molecule has 0 spiro atoms. The number of anilines is 1. The summed E-state index contributed by atoms with van der Waals surface area (Å²) < 4.78 is 11.2. The van der Waals surface area contributed by atoms with Crippen molar-refractivity contribution in [1.82, 2.24) is 0 Å². The van der Waals surface area contributed by atoms with Gasteiger partial charge in [-0.15, -0.1) is 11.3 Å². The number of benzene rings is 2. The van der Waals surface area contributed by atoms with E-state index in [9.17, 15) is 14.4 Å². The first kappa shape index (κ1) is 22.3. The summed E-state index contributed by atoms with van der Waals surface area (Å²) in [6.45, 7) is 1.87. The number of thiophene rings is 1. The van der Waals surface area contributed by atoms with E-state index in [1.54, 1.807) is 54.8 Å². The molecule has 0 atom stereocenters. The van der Waals surface area contributed by atoms with Gasteiger partial charge in [0.1, 0.15) is 21.7 Å². The van der Waals surface area contributed by atoms with Gasteiger partial charge < -0.3 is 14.5 Å². The topological polar surface area (TPSA) is 85.6 Å². The number of fused-ring (bicyclic) bond motifs is 1. The van der Waals surface area contributed by atoms with Crippen LogP contribution in [-0.4, -0.2) is 18.5 Å². The van der Waals surface area contributed by atoms with E-state index in [1.807, 2.05) is 0 Å². The Hall–Kier alpha value is -2.94. The molecule has 0 aliphatic rings. The predicted octanol–water partition coefficient (Wildman–Crippen LogP) is 6.37. The first-order valence-corrected chi connectivity index (χ1v) is 11.5. The van der Waals surface area contributed by atoms with E-state index in [2.05, 4.69) is 21.2 Å². The smallest absolute Gasteiger partial charge is 0.349 e. The lowest BCUT2D eigenvalue weighted by Crippen LogP contribution is -2.21. The number of carbonyl (C=O) groups excluding carboxylic acids is 2. The van der Waals surface area contributed by atoms with Gasteiger partial charge in [-0.05, 0) is 48.9 Å². The van der Waals surface area contributed by atoms with Crippen LogP contribution in [0.1, 0.15) is 27.6 Å². The zero-order valence-electron chi connectivity index (χ0n) is 16.6. The molecule has 2 aromatic heterocycles. The minimum Gasteiger partial charge on any atom is -0.462 e. The molecule has 4 aromatic rings. The molecule has 32 heavy (non-hydrogen) atoms. The maximum Gasteiger partial charge on any atom is 0.349 e. The Balaban J connectivity index is 1.74. The van der Waals surface area contributed by atoms with Crippen LogP contribution < -0.4 is 10.9 Å². The van der Waals surface area contributed by atoms with Crippen LogP contribution in [0.4, 0.5) is 5.00 Å². The van der Waals surface area contributed by atoms with Gasteiger partial charge in [0.05, 0.1) is 6.61 Å². The molecule has 162 valence electrons. The Morgan fingerprint density at radius 1 is 1.16 bits per heavy atom. The fraction of sp³-hybridized carbons (Fsp3) is 0.0870. The Labute approximate surface area is 199 Å². The van der Waals surface area contributed by atoms with Crippen molar-refractivity contribution < 1.29 is 18.7 Å². The minimum absolute atomic E-state index is 0.172. The Morgan fingerprint density at radius 3 is 2.62 bits per heavy atom. The van der Waals surface area contributed by atoms with Crippen molar-refractivity contribution in [3.63, 3.8) is 0 Å². The second-order valence-corrected chi connectivity index (χ2v) is 8.90. The molecule has 1 N–H and O–H groups in total. The maximum absolute atomic E-state index is 12.9. The standard InChI is InChI=1S/C23H15BrClNO5S/c1-2-30-23(29)19-17(12-3-6-15(25)7-4-12)11-32-21(19)26-20(27)16-10-13-9-14(24)5-8-18(13)31-22(16)28/h3-11H,2H2,1H3,(H,26,27). The SMILES string of the molecule is CCOC(=O)c1c(-c2ccc(Cl)cc2)csc1NC(=O)c1cc2cc(Br)ccc2oc1=O. The maximum atomic E-state index is 12.9. The Kier molecular flexibility index (Phi) is 6.45. The van der Waals surface area contributed by atoms with Crippen LogP contribution >= 0.6 is 38.9 Å². The number of hydrogen-bond acceptors (Lipinski definition) is 6. The van der Waals surface area contributed by atoms with Crippen LogP contribution in [0.2, 0.25) is 5.02 Å². The number of ether oxygens (including phenoxy) is 1. The summed E-state index contributed by atoms with van der Waals surface area (Å²) in [6, 6.07) is 13.5. The summed E-state index contributed by atoms with van der Waals surface area (Å²) in [7, 11) is 0. The van der Waals surface area contributed by atoms with E-state index >= 15 is 0 Å². The molecule has 0 aliphatic heterocycles. The normalized spacial score (nSPS) is 10.8. The van der Waals surface area contributed by atoms with Crippen molar-refractivity contribution in [2.24, 2.45) is 0 Å². The largest absolute Gasteiger partial charge is 0.462 e. The summed E-state index contributed by atoms with van der Waals surface area (Å²) in [6.07, 6.45) is 0. The van der Waals surface area contributed by atoms with Gasteiger partial charge in [-0.25, -0.2) is 9.59 Å². The molecule has 0 fully saturated rings. The third-order valence-corrected chi connectivity index (χ3v) is 6.23. The number of nitrogens with one attached hydrogen (secondary N) is 1. The summed E-state index contributed by atoms with van der Waals surface area (Å²) in [5.74, 6) is -1.26. The number of carbonyl (C=O) groups is 2. The molecule has 0 bridgehead atoms. The molecule has 0 aliphatic carbocycles. The average molecular weight is 533 g/mol. The van der Waals surface area contributed by atoms with Gasteiger partial charge in [0.15, 0.2) is 0 Å².